The molecule has 6 nitrogen and oxygen atoms in total. The molecule has 1 aliphatic heterocycles. The molecule has 1 atom stereocenters. The van der Waals surface area contributed by atoms with Crippen molar-refractivity contribution in [3.8, 4) is 0 Å². The van der Waals surface area contributed by atoms with Crippen LogP contribution in [0.5, 0.6) is 0 Å². The molecule has 1 fully saturated rings. The first-order valence-corrected chi connectivity index (χ1v) is 8.57. The monoisotopic (exact) mass is 304 g/mol. The van der Waals surface area contributed by atoms with E-state index < -0.39 is 21.8 Å². The lowest BCUT2D eigenvalue weighted by Crippen LogP contribution is -2.48. The molecule has 106 valence electrons. The Bertz CT molecular complexity index is 567. The predicted molar refractivity (Wildman–Crippen MR) is 72.0 cm³/mol. The average molecular weight is 304 g/mol. The van der Waals surface area contributed by atoms with Gasteiger partial charge in [-0.2, -0.15) is 0 Å². The molecule has 2 rings (SSSR count). The Labute approximate surface area is 116 Å². The lowest BCUT2D eigenvalue weighted by molar-refractivity contribution is -0.138. The summed E-state index contributed by atoms with van der Waals surface area (Å²) in [7, 11) is -3.11. The van der Waals surface area contributed by atoms with Crippen LogP contribution in [0.1, 0.15) is 16.3 Å². The standard InChI is InChI=1S/C11H16N2O4S2/c1-8-12-5-10(18-8)6-13-2-3-19(16,17)7-9(13)4-11(14)15/h5,9H,2-4,6-7H2,1H3,(H,14,15). The molecule has 19 heavy (non-hydrogen) atoms. The first-order valence-electron chi connectivity index (χ1n) is 5.93. The van der Waals surface area contributed by atoms with Crippen LogP contribution in [0, 0.1) is 6.92 Å². The third-order valence-electron chi connectivity index (χ3n) is 3.09. The van der Waals surface area contributed by atoms with Gasteiger partial charge >= 0.3 is 5.97 Å². The van der Waals surface area contributed by atoms with Gasteiger partial charge < -0.3 is 5.11 Å². The van der Waals surface area contributed by atoms with Crippen LogP contribution in [0.2, 0.25) is 0 Å². The minimum atomic E-state index is -3.11. The van der Waals surface area contributed by atoms with E-state index in [0.717, 1.165) is 9.88 Å². The molecule has 0 amide bonds. The van der Waals surface area contributed by atoms with Gasteiger partial charge in [0.15, 0.2) is 9.84 Å². The van der Waals surface area contributed by atoms with E-state index in [0.29, 0.717) is 13.1 Å². The van der Waals surface area contributed by atoms with Crippen molar-refractivity contribution >= 4 is 27.1 Å². The molecule has 1 N–H and O–H groups in total. The molecule has 0 spiro atoms. The second-order valence-electron chi connectivity index (χ2n) is 4.68. The molecule has 1 saturated heterocycles. The van der Waals surface area contributed by atoms with E-state index in [4.69, 9.17) is 5.11 Å². The number of aliphatic carboxylic acids is 1. The van der Waals surface area contributed by atoms with Gasteiger partial charge in [-0.3, -0.25) is 9.69 Å². The normalized spacial score (nSPS) is 23.3. The fourth-order valence-electron chi connectivity index (χ4n) is 2.20. The van der Waals surface area contributed by atoms with Gasteiger partial charge in [0, 0.05) is 30.2 Å². The van der Waals surface area contributed by atoms with Crippen molar-refractivity contribution in [1.29, 1.82) is 0 Å². The SMILES string of the molecule is Cc1ncc(CN2CCS(=O)(=O)CC2CC(=O)O)s1. The highest BCUT2D eigenvalue weighted by molar-refractivity contribution is 7.91. The molecule has 1 aliphatic rings. The molecule has 8 heteroatoms. The first-order chi connectivity index (χ1) is 8.85. The second kappa shape index (κ2) is 5.56. The highest BCUT2D eigenvalue weighted by Gasteiger charge is 2.32. The highest BCUT2D eigenvalue weighted by atomic mass is 32.2. The number of rotatable bonds is 4. The van der Waals surface area contributed by atoms with E-state index in [1.807, 2.05) is 11.8 Å². The van der Waals surface area contributed by atoms with Crippen LogP contribution >= 0.6 is 11.3 Å². The zero-order chi connectivity index (χ0) is 14.0. The van der Waals surface area contributed by atoms with Gasteiger partial charge in [-0.1, -0.05) is 0 Å². The zero-order valence-corrected chi connectivity index (χ0v) is 12.2. The maximum absolute atomic E-state index is 11.6. The number of carbonyl (C=O) groups is 1. The van der Waals surface area contributed by atoms with E-state index in [9.17, 15) is 13.2 Å². The Balaban J connectivity index is 2.10. The van der Waals surface area contributed by atoms with E-state index >= 15 is 0 Å². The van der Waals surface area contributed by atoms with E-state index in [1.54, 1.807) is 17.5 Å². The van der Waals surface area contributed by atoms with Crippen molar-refractivity contribution in [3.63, 3.8) is 0 Å². The van der Waals surface area contributed by atoms with Gasteiger partial charge in [0.2, 0.25) is 0 Å². The largest absolute Gasteiger partial charge is 0.481 e. The molecule has 0 aliphatic carbocycles. The van der Waals surface area contributed by atoms with Gasteiger partial charge in [-0.15, -0.1) is 11.3 Å². The molecule has 0 bridgehead atoms. The Hall–Kier alpha value is -0.990. The maximum atomic E-state index is 11.6. The summed E-state index contributed by atoms with van der Waals surface area (Å²) in [6.07, 6.45) is 1.62. The van der Waals surface area contributed by atoms with E-state index in [2.05, 4.69) is 4.98 Å². The van der Waals surface area contributed by atoms with Crippen LogP contribution in [0.4, 0.5) is 0 Å². The number of nitrogens with zero attached hydrogens (tertiary/aromatic N) is 2. The fraction of sp³-hybridized carbons (Fsp3) is 0.636. The third-order valence-corrected chi connectivity index (χ3v) is 5.69. The molecular formula is C11H16N2O4S2. The molecule has 0 saturated carbocycles. The average Bonchev–Trinajstić information content (AvgIpc) is 2.67. The minimum Gasteiger partial charge on any atom is -0.481 e. The maximum Gasteiger partial charge on any atom is 0.304 e. The predicted octanol–water partition coefficient (Wildman–Crippen LogP) is 0.525. The van der Waals surface area contributed by atoms with Crippen LogP contribution < -0.4 is 0 Å². The summed E-state index contributed by atoms with van der Waals surface area (Å²) in [5, 5.41) is 9.85. The topological polar surface area (TPSA) is 87.6 Å². The van der Waals surface area contributed by atoms with E-state index in [-0.39, 0.29) is 17.9 Å². The Morgan fingerprint density at radius 1 is 1.63 bits per heavy atom. The molecule has 1 aromatic heterocycles. The van der Waals surface area contributed by atoms with Gasteiger partial charge in [0.05, 0.1) is 22.9 Å². The van der Waals surface area contributed by atoms with Crippen molar-refractivity contribution < 1.29 is 18.3 Å². The molecule has 0 radical (unpaired) electrons. The van der Waals surface area contributed by atoms with Crippen molar-refractivity contribution in [2.75, 3.05) is 18.1 Å². The molecule has 2 heterocycles. The number of hydrogen-bond acceptors (Lipinski definition) is 6. The molecular weight excluding hydrogens is 288 g/mol. The number of hydrogen-bond donors (Lipinski definition) is 1. The van der Waals surface area contributed by atoms with Gasteiger partial charge in [0.25, 0.3) is 0 Å². The lowest BCUT2D eigenvalue weighted by atomic mass is 10.2. The summed E-state index contributed by atoms with van der Waals surface area (Å²) in [6.45, 7) is 2.86. The number of sulfone groups is 1. The van der Waals surface area contributed by atoms with Crippen molar-refractivity contribution in [3.05, 3.63) is 16.1 Å². The summed E-state index contributed by atoms with van der Waals surface area (Å²) in [4.78, 5) is 18.0. The number of carboxylic acid groups (broad SMARTS) is 1. The number of carboxylic acids is 1. The number of aromatic nitrogens is 1. The Kier molecular flexibility index (Phi) is 4.22. The Morgan fingerprint density at radius 2 is 2.37 bits per heavy atom. The quantitative estimate of drug-likeness (QED) is 0.873. The second-order valence-corrected chi connectivity index (χ2v) is 8.23. The molecule has 0 aromatic carbocycles. The first kappa shape index (κ1) is 14.4. The van der Waals surface area contributed by atoms with Gasteiger partial charge in [0.1, 0.15) is 0 Å². The minimum absolute atomic E-state index is 0.0723. The van der Waals surface area contributed by atoms with Crippen molar-refractivity contribution in [2.45, 2.75) is 25.9 Å². The third kappa shape index (κ3) is 3.99. The van der Waals surface area contributed by atoms with Crippen LogP contribution in [-0.4, -0.2) is 53.5 Å². The summed E-state index contributed by atoms with van der Waals surface area (Å²) in [5.41, 5.74) is 0. The number of thiazole rings is 1. The van der Waals surface area contributed by atoms with Gasteiger partial charge in [-0.25, -0.2) is 13.4 Å². The van der Waals surface area contributed by atoms with E-state index in [1.165, 1.54) is 0 Å². The number of aryl methyl sites for hydroxylation is 1. The summed E-state index contributed by atoms with van der Waals surface area (Å²) >= 11 is 1.55. The van der Waals surface area contributed by atoms with Crippen LogP contribution in [0.15, 0.2) is 6.20 Å². The van der Waals surface area contributed by atoms with Gasteiger partial charge in [-0.05, 0) is 6.92 Å². The smallest absolute Gasteiger partial charge is 0.304 e. The molecule has 1 aromatic rings. The Morgan fingerprint density at radius 3 is 2.95 bits per heavy atom. The zero-order valence-electron chi connectivity index (χ0n) is 10.6. The lowest BCUT2D eigenvalue weighted by Gasteiger charge is -2.34. The summed E-state index contributed by atoms with van der Waals surface area (Å²) in [5.74, 6) is -0.939. The fourth-order valence-corrected chi connectivity index (χ4v) is 4.61. The van der Waals surface area contributed by atoms with Crippen molar-refractivity contribution in [1.82, 2.24) is 9.88 Å². The van der Waals surface area contributed by atoms with Crippen LogP contribution in [0.3, 0.4) is 0 Å². The molecule has 1 unspecified atom stereocenters. The van der Waals surface area contributed by atoms with Crippen LogP contribution in [-0.2, 0) is 21.2 Å². The summed E-state index contributed by atoms with van der Waals surface area (Å²) in [6, 6.07) is -0.446. The highest BCUT2D eigenvalue weighted by Crippen LogP contribution is 2.21. The van der Waals surface area contributed by atoms with Crippen molar-refractivity contribution in [2.24, 2.45) is 0 Å². The summed E-state index contributed by atoms with van der Waals surface area (Å²) < 4.78 is 23.2. The van der Waals surface area contributed by atoms with Crippen LogP contribution in [0.25, 0.3) is 0 Å².